The number of nitrogens with zero attached hydrogens (tertiary/aromatic N) is 1. The van der Waals surface area contributed by atoms with Crippen molar-refractivity contribution in [3.8, 4) is 5.75 Å². The van der Waals surface area contributed by atoms with Gasteiger partial charge in [0.05, 0.1) is 5.41 Å². The second-order valence-electron chi connectivity index (χ2n) is 9.00. The van der Waals surface area contributed by atoms with E-state index in [1.54, 1.807) is 0 Å². The summed E-state index contributed by atoms with van der Waals surface area (Å²) in [6.07, 6.45) is 3.74. The number of rotatable bonds is 6. The number of fused-ring (bicyclic) bond motifs is 1. The van der Waals surface area contributed by atoms with Gasteiger partial charge in [-0.25, -0.2) is 0 Å². The van der Waals surface area contributed by atoms with E-state index < -0.39 is 11.4 Å². The monoisotopic (exact) mass is 431 g/mol. The number of likely N-dealkylation sites (tertiary alicyclic amines) is 1. The summed E-state index contributed by atoms with van der Waals surface area (Å²) in [6.45, 7) is 3.02. The Labute approximate surface area is 180 Å². The summed E-state index contributed by atoms with van der Waals surface area (Å²) < 4.78 is 5.98. The SMILES string of the molecule is O=C(O)C1(CN2CC3(Cc4ccc(OCc5c(Cl)cccc5Cl)cc4C3)C2)CC1. The molecule has 2 aromatic rings. The zero-order chi connectivity index (χ0) is 20.2. The third-order valence-electron chi connectivity index (χ3n) is 6.71. The van der Waals surface area contributed by atoms with Gasteiger partial charge in [-0.2, -0.15) is 0 Å². The molecule has 5 rings (SSSR count). The largest absolute Gasteiger partial charge is 0.489 e. The van der Waals surface area contributed by atoms with Crippen molar-refractivity contribution >= 4 is 29.2 Å². The Morgan fingerprint density at radius 1 is 1.07 bits per heavy atom. The minimum Gasteiger partial charge on any atom is -0.489 e. The molecule has 1 N–H and O–H groups in total. The first-order valence-corrected chi connectivity index (χ1v) is 10.8. The molecule has 152 valence electrons. The maximum atomic E-state index is 11.4. The van der Waals surface area contributed by atoms with Gasteiger partial charge in [-0.05, 0) is 61.1 Å². The summed E-state index contributed by atoms with van der Waals surface area (Å²) in [4.78, 5) is 13.8. The van der Waals surface area contributed by atoms with Gasteiger partial charge in [-0.15, -0.1) is 0 Å². The average Bonchev–Trinajstić information content (AvgIpc) is 3.33. The predicted molar refractivity (Wildman–Crippen MR) is 113 cm³/mol. The molecule has 1 saturated carbocycles. The van der Waals surface area contributed by atoms with Crippen molar-refractivity contribution in [2.24, 2.45) is 10.8 Å². The maximum absolute atomic E-state index is 11.4. The summed E-state index contributed by atoms with van der Waals surface area (Å²) in [5.41, 5.74) is 3.32. The molecule has 0 atom stereocenters. The van der Waals surface area contributed by atoms with Crippen molar-refractivity contribution in [1.82, 2.24) is 4.90 Å². The number of ether oxygens (including phenoxy) is 1. The van der Waals surface area contributed by atoms with Gasteiger partial charge < -0.3 is 14.7 Å². The van der Waals surface area contributed by atoms with Gasteiger partial charge in [0, 0.05) is 40.7 Å². The van der Waals surface area contributed by atoms with E-state index in [2.05, 4.69) is 17.0 Å². The maximum Gasteiger partial charge on any atom is 0.310 e. The van der Waals surface area contributed by atoms with E-state index in [0.717, 1.165) is 50.1 Å². The van der Waals surface area contributed by atoms with Crippen LogP contribution in [0.15, 0.2) is 36.4 Å². The minimum atomic E-state index is -0.631. The molecule has 0 aromatic heterocycles. The molecule has 4 nitrogen and oxygen atoms in total. The van der Waals surface area contributed by atoms with Crippen molar-refractivity contribution in [3.63, 3.8) is 0 Å². The van der Waals surface area contributed by atoms with Crippen molar-refractivity contribution in [2.45, 2.75) is 32.3 Å². The van der Waals surface area contributed by atoms with Crippen LogP contribution in [-0.2, 0) is 24.2 Å². The van der Waals surface area contributed by atoms with Gasteiger partial charge in [0.25, 0.3) is 0 Å². The van der Waals surface area contributed by atoms with Crippen LogP contribution >= 0.6 is 23.2 Å². The van der Waals surface area contributed by atoms with Crippen molar-refractivity contribution < 1.29 is 14.6 Å². The third kappa shape index (κ3) is 3.52. The van der Waals surface area contributed by atoms with Crippen molar-refractivity contribution in [1.29, 1.82) is 0 Å². The summed E-state index contributed by atoms with van der Waals surface area (Å²) in [7, 11) is 0. The van der Waals surface area contributed by atoms with Crippen LogP contribution in [0.25, 0.3) is 0 Å². The molecular weight excluding hydrogens is 409 g/mol. The van der Waals surface area contributed by atoms with E-state index in [9.17, 15) is 9.90 Å². The topological polar surface area (TPSA) is 49.8 Å². The van der Waals surface area contributed by atoms with Crippen LogP contribution in [0.3, 0.4) is 0 Å². The predicted octanol–water partition coefficient (Wildman–Crippen LogP) is 4.84. The Hall–Kier alpha value is -1.75. The molecule has 2 fully saturated rings. The second kappa shape index (κ2) is 6.90. The number of hydrogen-bond donors (Lipinski definition) is 1. The normalized spacial score (nSPS) is 20.9. The highest BCUT2D eigenvalue weighted by atomic mass is 35.5. The fourth-order valence-corrected chi connectivity index (χ4v) is 5.49. The van der Waals surface area contributed by atoms with Crippen LogP contribution in [0.1, 0.15) is 29.5 Å². The zero-order valence-electron chi connectivity index (χ0n) is 16.1. The third-order valence-corrected chi connectivity index (χ3v) is 7.41. The fraction of sp³-hybridized carbons (Fsp3) is 0.435. The van der Waals surface area contributed by atoms with Crippen molar-refractivity contribution in [3.05, 3.63) is 63.1 Å². The Kier molecular flexibility index (Phi) is 4.57. The Morgan fingerprint density at radius 2 is 1.76 bits per heavy atom. The molecule has 0 unspecified atom stereocenters. The first-order valence-electron chi connectivity index (χ1n) is 10.0. The highest BCUT2D eigenvalue weighted by Crippen LogP contribution is 2.51. The van der Waals surface area contributed by atoms with Gasteiger partial charge in [-0.1, -0.05) is 35.3 Å². The molecule has 0 radical (unpaired) electrons. The number of carbonyl (C=O) groups is 1. The van der Waals surface area contributed by atoms with Crippen LogP contribution in [0.5, 0.6) is 5.75 Å². The lowest BCUT2D eigenvalue weighted by atomic mass is 9.76. The number of benzene rings is 2. The Bertz CT molecular complexity index is 960. The molecule has 1 spiro atoms. The lowest BCUT2D eigenvalue weighted by molar-refractivity contribution is -0.145. The first kappa shape index (κ1) is 19.2. The average molecular weight is 432 g/mol. The van der Waals surface area contributed by atoms with E-state index in [1.807, 2.05) is 24.3 Å². The number of halogens is 2. The van der Waals surface area contributed by atoms with Gasteiger partial charge in [0.2, 0.25) is 0 Å². The van der Waals surface area contributed by atoms with Crippen LogP contribution in [0.4, 0.5) is 0 Å². The number of hydrogen-bond acceptors (Lipinski definition) is 3. The molecule has 2 aromatic carbocycles. The lowest BCUT2D eigenvalue weighted by Gasteiger charge is -2.49. The minimum absolute atomic E-state index is 0.265. The van der Waals surface area contributed by atoms with E-state index in [1.165, 1.54) is 11.1 Å². The smallest absolute Gasteiger partial charge is 0.310 e. The summed E-state index contributed by atoms with van der Waals surface area (Å²) >= 11 is 12.5. The van der Waals surface area contributed by atoms with Crippen LogP contribution in [-0.4, -0.2) is 35.6 Å². The molecule has 1 aliphatic heterocycles. The fourth-order valence-electron chi connectivity index (χ4n) is 4.98. The molecule has 0 amide bonds. The van der Waals surface area contributed by atoms with Gasteiger partial charge in [0.15, 0.2) is 0 Å². The van der Waals surface area contributed by atoms with E-state index in [0.29, 0.717) is 23.2 Å². The molecule has 29 heavy (non-hydrogen) atoms. The van der Waals surface area contributed by atoms with E-state index in [-0.39, 0.29) is 5.41 Å². The number of carboxylic acids is 1. The van der Waals surface area contributed by atoms with Crippen LogP contribution in [0, 0.1) is 10.8 Å². The summed E-state index contributed by atoms with van der Waals surface area (Å²) in [5.74, 6) is 0.198. The van der Waals surface area contributed by atoms with Gasteiger partial charge >= 0.3 is 5.97 Å². The summed E-state index contributed by atoms with van der Waals surface area (Å²) in [5, 5.41) is 10.6. The first-order chi connectivity index (χ1) is 13.9. The second-order valence-corrected chi connectivity index (χ2v) is 9.82. The Balaban J connectivity index is 1.21. The summed E-state index contributed by atoms with van der Waals surface area (Å²) in [6, 6.07) is 11.8. The molecule has 3 aliphatic rings. The molecule has 6 heteroatoms. The Morgan fingerprint density at radius 3 is 2.41 bits per heavy atom. The highest BCUT2D eigenvalue weighted by molar-refractivity contribution is 6.35. The van der Waals surface area contributed by atoms with Gasteiger partial charge in [-0.3, -0.25) is 4.79 Å². The number of aliphatic carboxylic acids is 1. The van der Waals surface area contributed by atoms with Crippen LogP contribution in [0.2, 0.25) is 10.0 Å². The molecular formula is C23H23Cl2NO3. The molecule has 1 saturated heterocycles. The molecule has 2 aliphatic carbocycles. The van der Waals surface area contributed by atoms with Crippen molar-refractivity contribution in [2.75, 3.05) is 19.6 Å². The van der Waals surface area contributed by atoms with Crippen LogP contribution < -0.4 is 4.74 Å². The van der Waals surface area contributed by atoms with Gasteiger partial charge in [0.1, 0.15) is 12.4 Å². The standard InChI is InChI=1S/C23H23Cl2NO3/c24-19-2-1-3-20(25)18(19)11-29-17-5-4-15-9-22(10-16(15)8-17)12-26(13-22)14-23(6-7-23)21(27)28/h1-5,8H,6-7,9-14H2,(H,27,28). The van der Waals surface area contributed by atoms with E-state index in [4.69, 9.17) is 27.9 Å². The zero-order valence-corrected chi connectivity index (χ0v) is 17.6. The lowest BCUT2D eigenvalue weighted by Crippen LogP contribution is -2.58. The number of carboxylic acid groups (broad SMARTS) is 1. The van der Waals surface area contributed by atoms with E-state index >= 15 is 0 Å². The molecule has 0 bridgehead atoms. The quantitative estimate of drug-likeness (QED) is 0.710. The molecule has 1 heterocycles. The highest BCUT2D eigenvalue weighted by Gasteiger charge is 2.55.